The minimum Gasteiger partial charge on any atom is -0.488 e. The first kappa shape index (κ1) is 17.0. The van der Waals surface area contributed by atoms with Crippen LogP contribution in [0.1, 0.15) is 23.6 Å². The van der Waals surface area contributed by atoms with Gasteiger partial charge in [-0.15, -0.1) is 0 Å². The molecule has 2 rings (SSSR count). The van der Waals surface area contributed by atoms with Crippen LogP contribution in [0, 0.1) is 6.92 Å². The molecule has 0 amide bonds. The molecule has 120 valence electrons. The third-order valence-corrected chi connectivity index (χ3v) is 3.34. The Morgan fingerprint density at radius 3 is 2.83 bits per heavy atom. The quantitative estimate of drug-likeness (QED) is 0.485. The average molecular weight is 327 g/mol. The second-order valence-electron chi connectivity index (χ2n) is 5.05. The maximum Gasteiger partial charge on any atom is 0.186 e. The lowest BCUT2D eigenvalue weighted by Crippen LogP contribution is -2.31. The van der Waals surface area contributed by atoms with Gasteiger partial charge in [-0.05, 0) is 43.8 Å². The first-order valence-electron chi connectivity index (χ1n) is 7.53. The fraction of sp³-hybridized carbons (Fsp3) is 0.222. The molecule has 0 radical (unpaired) electrons. The topological polar surface area (TPSA) is 45.7 Å². The summed E-state index contributed by atoms with van der Waals surface area (Å²) < 4.78 is 5.92. The van der Waals surface area contributed by atoms with E-state index >= 15 is 0 Å². The predicted octanol–water partition coefficient (Wildman–Crippen LogP) is 3.39. The summed E-state index contributed by atoms with van der Waals surface area (Å²) >= 11 is 5.06. The molecule has 0 aliphatic heterocycles. The Bertz CT molecular complexity index is 685. The number of hydrazone groups is 1. The lowest BCUT2D eigenvalue weighted by molar-refractivity contribution is 0.305. The van der Waals surface area contributed by atoms with Gasteiger partial charge in [0, 0.05) is 12.1 Å². The highest BCUT2D eigenvalue weighted by Crippen LogP contribution is 2.17. The van der Waals surface area contributed by atoms with Gasteiger partial charge in [0.15, 0.2) is 5.11 Å². The number of nitrogens with zero attached hydrogens (tertiary/aromatic N) is 1. The Balaban J connectivity index is 1.99. The van der Waals surface area contributed by atoms with Crippen molar-refractivity contribution < 1.29 is 4.74 Å². The molecule has 0 spiro atoms. The lowest BCUT2D eigenvalue weighted by Gasteiger charge is -2.09. The molecule has 0 bridgehead atoms. The van der Waals surface area contributed by atoms with Gasteiger partial charge in [0.25, 0.3) is 0 Å². The summed E-state index contributed by atoms with van der Waals surface area (Å²) in [4.78, 5) is 0. The van der Waals surface area contributed by atoms with Gasteiger partial charge in [0.05, 0.1) is 6.21 Å². The van der Waals surface area contributed by atoms with Gasteiger partial charge in [-0.25, -0.2) is 0 Å². The van der Waals surface area contributed by atoms with Crippen LogP contribution in [-0.4, -0.2) is 17.9 Å². The van der Waals surface area contributed by atoms with E-state index in [1.54, 1.807) is 6.21 Å². The van der Waals surface area contributed by atoms with E-state index < -0.39 is 0 Å². The van der Waals surface area contributed by atoms with Crippen LogP contribution >= 0.6 is 12.2 Å². The van der Waals surface area contributed by atoms with Gasteiger partial charge in [-0.1, -0.05) is 42.0 Å². The van der Waals surface area contributed by atoms with Gasteiger partial charge in [-0.2, -0.15) is 5.10 Å². The average Bonchev–Trinajstić information content (AvgIpc) is 2.54. The van der Waals surface area contributed by atoms with Crippen LogP contribution in [0.4, 0.5) is 0 Å². The number of nitrogens with one attached hydrogen (secondary N) is 2. The highest BCUT2D eigenvalue weighted by molar-refractivity contribution is 7.80. The fourth-order valence-electron chi connectivity index (χ4n) is 2.04. The molecule has 0 unspecified atom stereocenters. The molecule has 23 heavy (non-hydrogen) atoms. The summed E-state index contributed by atoms with van der Waals surface area (Å²) in [5, 5.41) is 7.61. The van der Waals surface area contributed by atoms with Crippen LogP contribution in [0.25, 0.3) is 0 Å². The van der Waals surface area contributed by atoms with Crippen LogP contribution in [-0.2, 0) is 6.61 Å². The van der Waals surface area contributed by atoms with Crippen molar-refractivity contribution in [2.45, 2.75) is 20.5 Å². The molecule has 4 nitrogen and oxygen atoms in total. The minimum atomic E-state index is 0.502. The molecular formula is C18H21N3OS. The molecule has 0 saturated carbocycles. The number of aryl methyl sites for hydroxylation is 1. The van der Waals surface area contributed by atoms with Crippen molar-refractivity contribution in [1.29, 1.82) is 0 Å². The van der Waals surface area contributed by atoms with E-state index in [9.17, 15) is 0 Å². The molecule has 0 aliphatic rings. The number of hydrogen-bond acceptors (Lipinski definition) is 3. The molecule has 0 fully saturated rings. The van der Waals surface area contributed by atoms with E-state index in [1.807, 2.05) is 37.3 Å². The number of benzene rings is 2. The Morgan fingerprint density at radius 1 is 1.22 bits per heavy atom. The monoisotopic (exact) mass is 327 g/mol. The van der Waals surface area contributed by atoms with Crippen molar-refractivity contribution >= 4 is 23.5 Å². The highest BCUT2D eigenvalue weighted by atomic mass is 32.1. The largest absolute Gasteiger partial charge is 0.488 e. The van der Waals surface area contributed by atoms with Crippen molar-refractivity contribution in [2.75, 3.05) is 6.54 Å². The normalized spacial score (nSPS) is 10.5. The molecule has 0 aromatic heterocycles. The third kappa shape index (κ3) is 5.71. The molecular weight excluding hydrogens is 306 g/mol. The Morgan fingerprint density at radius 2 is 2.04 bits per heavy atom. The van der Waals surface area contributed by atoms with Crippen molar-refractivity contribution in [3.8, 4) is 5.75 Å². The van der Waals surface area contributed by atoms with Crippen molar-refractivity contribution in [3.63, 3.8) is 0 Å². The van der Waals surface area contributed by atoms with Gasteiger partial charge in [-0.3, -0.25) is 5.43 Å². The van der Waals surface area contributed by atoms with E-state index in [-0.39, 0.29) is 0 Å². The zero-order valence-corrected chi connectivity index (χ0v) is 14.2. The molecule has 0 atom stereocenters. The summed E-state index contributed by atoms with van der Waals surface area (Å²) in [6.45, 7) is 5.34. The number of thiocarbonyl (C=S) groups is 1. The second kappa shape index (κ2) is 8.90. The zero-order chi connectivity index (χ0) is 16.5. The maximum atomic E-state index is 5.92. The van der Waals surface area contributed by atoms with Crippen LogP contribution in [0.2, 0.25) is 0 Å². The Hall–Kier alpha value is -2.40. The van der Waals surface area contributed by atoms with Gasteiger partial charge >= 0.3 is 0 Å². The molecule has 0 aliphatic carbocycles. The molecule has 2 aromatic rings. The molecule has 5 heteroatoms. The van der Waals surface area contributed by atoms with E-state index in [1.165, 1.54) is 5.56 Å². The summed E-state index contributed by atoms with van der Waals surface area (Å²) in [7, 11) is 0. The van der Waals surface area contributed by atoms with Gasteiger partial charge in [0.2, 0.25) is 0 Å². The second-order valence-corrected chi connectivity index (χ2v) is 5.45. The van der Waals surface area contributed by atoms with E-state index in [2.05, 4.69) is 41.0 Å². The SMILES string of the molecule is CCNC(=S)NN=Cc1ccccc1OCc1cccc(C)c1. The first-order chi connectivity index (χ1) is 11.2. The highest BCUT2D eigenvalue weighted by Gasteiger charge is 2.02. The fourth-order valence-corrected chi connectivity index (χ4v) is 2.24. The van der Waals surface area contributed by atoms with Crippen LogP contribution in [0.3, 0.4) is 0 Å². The Kier molecular flexibility index (Phi) is 6.56. The third-order valence-electron chi connectivity index (χ3n) is 3.10. The minimum absolute atomic E-state index is 0.502. The zero-order valence-electron chi connectivity index (χ0n) is 13.4. The number of rotatable bonds is 6. The van der Waals surface area contributed by atoms with Gasteiger partial charge in [0.1, 0.15) is 12.4 Å². The van der Waals surface area contributed by atoms with Crippen LogP contribution < -0.4 is 15.5 Å². The molecule has 0 heterocycles. The van der Waals surface area contributed by atoms with Crippen LogP contribution in [0.15, 0.2) is 53.6 Å². The summed E-state index contributed by atoms with van der Waals surface area (Å²) in [5.41, 5.74) is 6.04. The molecule has 2 N–H and O–H groups in total. The van der Waals surface area contributed by atoms with E-state index in [4.69, 9.17) is 17.0 Å². The van der Waals surface area contributed by atoms with Gasteiger partial charge < -0.3 is 10.1 Å². The number of para-hydroxylation sites is 1. The van der Waals surface area contributed by atoms with E-state index in [0.29, 0.717) is 11.7 Å². The maximum absolute atomic E-state index is 5.92. The first-order valence-corrected chi connectivity index (χ1v) is 7.94. The summed E-state index contributed by atoms with van der Waals surface area (Å²) in [6, 6.07) is 16.1. The predicted molar refractivity (Wildman–Crippen MR) is 99.0 cm³/mol. The smallest absolute Gasteiger partial charge is 0.186 e. The lowest BCUT2D eigenvalue weighted by atomic mass is 10.1. The van der Waals surface area contributed by atoms with Crippen molar-refractivity contribution in [3.05, 3.63) is 65.2 Å². The summed E-state index contributed by atoms with van der Waals surface area (Å²) in [6.07, 6.45) is 1.70. The standard InChI is InChI=1S/C18H21N3OS/c1-3-19-18(23)21-20-12-16-9-4-5-10-17(16)22-13-15-8-6-7-14(2)11-15/h4-12H,3,13H2,1-2H3,(H2,19,21,23). The van der Waals surface area contributed by atoms with E-state index in [0.717, 1.165) is 23.4 Å². The molecule has 2 aromatic carbocycles. The van der Waals surface area contributed by atoms with Crippen molar-refractivity contribution in [1.82, 2.24) is 10.7 Å². The summed E-state index contributed by atoms with van der Waals surface area (Å²) in [5.74, 6) is 0.786. The number of ether oxygens (including phenoxy) is 1. The number of hydrogen-bond donors (Lipinski definition) is 2. The molecule has 0 saturated heterocycles. The van der Waals surface area contributed by atoms with Crippen LogP contribution in [0.5, 0.6) is 5.75 Å². The van der Waals surface area contributed by atoms with Crippen molar-refractivity contribution in [2.24, 2.45) is 5.10 Å². The Labute approximate surface area is 142 Å².